The summed E-state index contributed by atoms with van der Waals surface area (Å²) in [5.41, 5.74) is -1.80. The molecule has 3 heterocycles. The molecule has 0 radical (unpaired) electrons. The number of rotatable bonds is 12. The maximum absolute atomic E-state index is 13.7. The van der Waals surface area contributed by atoms with E-state index < -0.39 is 79.6 Å². The van der Waals surface area contributed by atoms with Gasteiger partial charge >= 0.3 is 25.3 Å². The molecule has 1 fully saturated rings. The van der Waals surface area contributed by atoms with E-state index in [0.717, 1.165) is 12.3 Å². The topological polar surface area (TPSA) is 248 Å². The number of aromatic amines is 1. The third kappa shape index (κ3) is 7.31. The van der Waals surface area contributed by atoms with Crippen molar-refractivity contribution in [3.8, 4) is 5.75 Å². The van der Waals surface area contributed by atoms with Crippen molar-refractivity contribution in [1.82, 2.24) is 19.9 Å². The molecule has 0 spiro atoms. The number of aliphatic hydroxyl groups is 2. The molecule has 220 valence electrons. The second kappa shape index (κ2) is 12.5. The SMILES string of the molecule is C[C@H](NP(=O)(OC[C@H]1O[C@@H](n2ncc(=O)[nH]c2=O)C(O)[C@H]1O)Oc1ccccc1)C(=O)OCc1ccc([N+](=O)[O-])o1. The molecule has 3 aromatic rings. The molecule has 0 bridgehead atoms. The Morgan fingerprint density at radius 3 is 2.63 bits per heavy atom. The number of benzene rings is 1. The van der Waals surface area contributed by atoms with E-state index >= 15 is 0 Å². The molecule has 4 N–H and O–H groups in total. The number of nitrogens with zero attached hydrogens (tertiary/aromatic N) is 3. The number of aliphatic hydroxyl groups excluding tert-OH is 2. The van der Waals surface area contributed by atoms with Gasteiger partial charge in [0, 0.05) is 0 Å². The summed E-state index contributed by atoms with van der Waals surface area (Å²) in [6, 6.07) is 8.78. The van der Waals surface area contributed by atoms with Crippen LogP contribution in [0.15, 0.2) is 62.7 Å². The molecule has 1 aliphatic heterocycles. The molecule has 6 atom stereocenters. The highest BCUT2D eigenvalue weighted by Gasteiger charge is 2.46. The van der Waals surface area contributed by atoms with Crippen LogP contribution in [0, 0.1) is 10.1 Å². The first-order chi connectivity index (χ1) is 19.5. The number of esters is 1. The van der Waals surface area contributed by atoms with Gasteiger partial charge in [-0.05, 0) is 25.1 Å². The van der Waals surface area contributed by atoms with Crippen molar-refractivity contribution in [1.29, 1.82) is 0 Å². The van der Waals surface area contributed by atoms with Crippen LogP contribution in [0.2, 0.25) is 0 Å². The predicted octanol–water partition coefficient (Wildman–Crippen LogP) is -0.0228. The molecule has 41 heavy (non-hydrogen) atoms. The fraction of sp³-hybridized carbons (Fsp3) is 0.364. The molecule has 0 amide bonds. The first kappa shape index (κ1) is 29.8. The van der Waals surface area contributed by atoms with Crippen LogP contribution < -0.4 is 20.9 Å². The van der Waals surface area contributed by atoms with E-state index in [1.165, 1.54) is 25.1 Å². The van der Waals surface area contributed by atoms with Crippen molar-refractivity contribution in [2.24, 2.45) is 0 Å². The van der Waals surface area contributed by atoms with Gasteiger partial charge in [0.1, 0.15) is 53.6 Å². The van der Waals surface area contributed by atoms with Crippen LogP contribution >= 0.6 is 7.75 Å². The summed E-state index contributed by atoms with van der Waals surface area (Å²) in [7, 11) is -4.43. The van der Waals surface area contributed by atoms with Gasteiger partial charge in [-0.2, -0.15) is 14.9 Å². The van der Waals surface area contributed by atoms with Gasteiger partial charge in [0.25, 0.3) is 5.56 Å². The number of hydrogen-bond acceptors (Lipinski definition) is 14. The molecule has 18 nitrogen and oxygen atoms in total. The van der Waals surface area contributed by atoms with Crippen LogP contribution in [0.25, 0.3) is 0 Å². The van der Waals surface area contributed by atoms with Crippen molar-refractivity contribution >= 4 is 19.6 Å². The molecule has 1 aliphatic rings. The van der Waals surface area contributed by atoms with E-state index in [1.54, 1.807) is 18.2 Å². The molecule has 1 aromatic carbocycles. The zero-order chi connectivity index (χ0) is 29.7. The summed E-state index contributed by atoms with van der Waals surface area (Å²) in [4.78, 5) is 47.8. The van der Waals surface area contributed by atoms with Crippen LogP contribution in [-0.2, 0) is 30.0 Å². The molecule has 19 heteroatoms. The molecule has 0 saturated carbocycles. The minimum Gasteiger partial charge on any atom is -0.456 e. The lowest BCUT2D eigenvalue weighted by Crippen LogP contribution is -2.39. The van der Waals surface area contributed by atoms with Gasteiger partial charge in [0.05, 0.1) is 12.7 Å². The molecule has 2 aromatic heterocycles. The number of furan rings is 1. The highest BCUT2D eigenvalue weighted by atomic mass is 31.2. The van der Waals surface area contributed by atoms with E-state index in [4.69, 9.17) is 22.9 Å². The van der Waals surface area contributed by atoms with E-state index in [0.29, 0.717) is 4.68 Å². The van der Waals surface area contributed by atoms with Gasteiger partial charge in [-0.1, -0.05) is 18.2 Å². The zero-order valence-corrected chi connectivity index (χ0v) is 22.0. The maximum atomic E-state index is 13.7. The van der Waals surface area contributed by atoms with Crippen molar-refractivity contribution in [3.63, 3.8) is 0 Å². The fourth-order valence-electron chi connectivity index (χ4n) is 3.59. The van der Waals surface area contributed by atoms with Crippen LogP contribution in [0.1, 0.15) is 18.9 Å². The second-order valence-corrected chi connectivity index (χ2v) is 10.3. The zero-order valence-electron chi connectivity index (χ0n) is 21.1. The number of hydrogen-bond donors (Lipinski definition) is 4. The molecule has 1 saturated heterocycles. The minimum absolute atomic E-state index is 0.00575. The summed E-state index contributed by atoms with van der Waals surface area (Å²) in [6.45, 7) is 0.164. The summed E-state index contributed by atoms with van der Waals surface area (Å²) in [5, 5.41) is 37.6. The Bertz CT molecular complexity index is 1540. The lowest BCUT2D eigenvalue weighted by atomic mass is 10.1. The lowest BCUT2D eigenvalue weighted by Gasteiger charge is -2.24. The number of para-hydroxylation sites is 1. The average molecular weight is 597 g/mol. The van der Waals surface area contributed by atoms with Crippen LogP contribution in [-0.4, -0.2) is 66.8 Å². The Morgan fingerprint density at radius 1 is 1.24 bits per heavy atom. The van der Waals surface area contributed by atoms with Gasteiger partial charge < -0.3 is 28.6 Å². The number of aromatic nitrogens is 3. The van der Waals surface area contributed by atoms with Crippen molar-refractivity contribution in [3.05, 3.63) is 85.4 Å². The van der Waals surface area contributed by atoms with Gasteiger partial charge in [-0.25, -0.2) is 9.36 Å². The first-order valence-corrected chi connectivity index (χ1v) is 13.4. The summed E-state index contributed by atoms with van der Waals surface area (Å²) in [5.74, 6) is -1.41. The van der Waals surface area contributed by atoms with E-state index in [-0.39, 0.29) is 11.5 Å². The first-order valence-electron chi connectivity index (χ1n) is 11.8. The van der Waals surface area contributed by atoms with Crippen molar-refractivity contribution in [2.45, 2.75) is 44.1 Å². The fourth-order valence-corrected chi connectivity index (χ4v) is 5.10. The third-order valence-electron chi connectivity index (χ3n) is 5.58. The quantitative estimate of drug-likeness (QED) is 0.0927. The van der Waals surface area contributed by atoms with Gasteiger partial charge in [-0.15, -0.1) is 0 Å². The van der Waals surface area contributed by atoms with Crippen LogP contribution in [0.5, 0.6) is 5.75 Å². The smallest absolute Gasteiger partial charge is 0.456 e. The number of ether oxygens (including phenoxy) is 2. The Hall–Kier alpha value is -4.19. The summed E-state index contributed by atoms with van der Waals surface area (Å²) < 4.78 is 40.7. The summed E-state index contributed by atoms with van der Waals surface area (Å²) >= 11 is 0. The average Bonchev–Trinajstić information content (AvgIpc) is 3.52. The third-order valence-corrected chi connectivity index (χ3v) is 7.23. The standard InChI is InChI=1S/C22H24N5O13P/c1-12(21(31)36-10-14-7-8-17(38-14)27(33)34)25-41(35,40-13-5-3-2-4-6-13)37-11-15-18(29)19(30)20(39-15)26-22(32)24-16(28)9-23-26/h2-9,12,15,18-20,29-30H,10-11H2,1H3,(H,25,35)(H,24,28,32)/t12-,15+,18-,19?,20+,41?/m0/s1. The molecule has 4 rings (SSSR count). The minimum atomic E-state index is -4.43. The maximum Gasteiger partial charge on any atom is 0.459 e. The normalized spacial score (nSPS) is 22.5. The predicted molar refractivity (Wildman–Crippen MR) is 133 cm³/mol. The van der Waals surface area contributed by atoms with Crippen molar-refractivity contribution in [2.75, 3.05) is 6.61 Å². The molecular formula is C22H24N5O13P. The van der Waals surface area contributed by atoms with Gasteiger partial charge in [0.2, 0.25) is 0 Å². The Kier molecular flexibility index (Phi) is 9.11. The highest BCUT2D eigenvalue weighted by Crippen LogP contribution is 2.46. The number of nitrogens with one attached hydrogen (secondary N) is 2. The monoisotopic (exact) mass is 597 g/mol. The highest BCUT2D eigenvalue weighted by molar-refractivity contribution is 7.52. The van der Waals surface area contributed by atoms with E-state index in [1.807, 2.05) is 4.98 Å². The van der Waals surface area contributed by atoms with Gasteiger partial charge in [0.15, 0.2) is 6.23 Å². The Morgan fingerprint density at radius 2 is 1.98 bits per heavy atom. The van der Waals surface area contributed by atoms with Crippen LogP contribution in [0.4, 0.5) is 5.88 Å². The molecule has 0 aliphatic carbocycles. The lowest BCUT2D eigenvalue weighted by molar-refractivity contribution is -0.402. The van der Waals surface area contributed by atoms with E-state index in [2.05, 4.69) is 10.2 Å². The number of H-pyrrole nitrogens is 1. The second-order valence-electron chi connectivity index (χ2n) is 8.58. The molecular weight excluding hydrogens is 573 g/mol. The molecule has 2 unspecified atom stereocenters. The van der Waals surface area contributed by atoms with Crippen LogP contribution in [0.3, 0.4) is 0 Å². The largest absolute Gasteiger partial charge is 0.459 e. The Balaban J connectivity index is 1.44. The number of nitro groups is 1. The van der Waals surface area contributed by atoms with E-state index in [9.17, 15) is 39.3 Å². The Labute approximate surface area is 229 Å². The number of carbonyl (C=O) groups is 1. The number of carbonyl (C=O) groups excluding carboxylic acids is 1. The summed E-state index contributed by atoms with van der Waals surface area (Å²) in [6.07, 6.45) is -5.44. The van der Waals surface area contributed by atoms with Gasteiger partial charge in [-0.3, -0.25) is 29.2 Å². The van der Waals surface area contributed by atoms with Crippen molar-refractivity contribution < 1.29 is 47.4 Å².